The van der Waals surface area contributed by atoms with Crippen molar-refractivity contribution in [1.29, 1.82) is 0 Å². The molecular weight excluding hydrogens is 312 g/mol. The highest BCUT2D eigenvalue weighted by Gasteiger charge is 2.10. The second-order valence-electron chi connectivity index (χ2n) is 6.14. The molecule has 25 heavy (non-hydrogen) atoms. The Hall–Kier alpha value is -2.53. The van der Waals surface area contributed by atoms with Crippen molar-refractivity contribution in [2.24, 2.45) is 10.7 Å². The minimum absolute atomic E-state index is 0.432. The van der Waals surface area contributed by atoms with E-state index in [1.54, 1.807) is 0 Å². The summed E-state index contributed by atoms with van der Waals surface area (Å²) < 4.78 is 5.39. The number of morpholine rings is 1. The van der Waals surface area contributed by atoms with Gasteiger partial charge in [-0.25, -0.2) is 4.99 Å². The van der Waals surface area contributed by atoms with Gasteiger partial charge >= 0.3 is 0 Å². The van der Waals surface area contributed by atoms with Gasteiger partial charge in [0.1, 0.15) is 0 Å². The van der Waals surface area contributed by atoms with Gasteiger partial charge in [-0.1, -0.05) is 31.2 Å². The van der Waals surface area contributed by atoms with Crippen LogP contribution < -0.4 is 16.0 Å². The standard InChI is InChI=1S/C20H26N4O/c1-2-16-3-7-18(8-4-16)23-20(21)22-15-17-5-9-19(10-6-17)24-11-13-25-14-12-24/h3-10H,2,11-15H2,1H3,(H3,21,22,23). The van der Waals surface area contributed by atoms with Gasteiger partial charge < -0.3 is 20.7 Å². The van der Waals surface area contributed by atoms with Crippen molar-refractivity contribution in [1.82, 2.24) is 0 Å². The summed E-state index contributed by atoms with van der Waals surface area (Å²) in [7, 11) is 0. The molecule has 1 saturated heterocycles. The first-order valence-electron chi connectivity index (χ1n) is 8.82. The summed E-state index contributed by atoms with van der Waals surface area (Å²) in [6, 6.07) is 16.7. The van der Waals surface area contributed by atoms with Crippen LogP contribution in [0.25, 0.3) is 0 Å². The van der Waals surface area contributed by atoms with Crippen molar-refractivity contribution in [3.05, 3.63) is 59.7 Å². The number of hydrogen-bond acceptors (Lipinski definition) is 3. The van der Waals surface area contributed by atoms with Gasteiger partial charge in [0.05, 0.1) is 19.8 Å². The van der Waals surface area contributed by atoms with Crippen LogP contribution in [0.5, 0.6) is 0 Å². The molecule has 1 heterocycles. The number of nitrogens with two attached hydrogens (primary N) is 1. The molecule has 0 saturated carbocycles. The van der Waals surface area contributed by atoms with Crippen molar-refractivity contribution < 1.29 is 4.74 Å². The van der Waals surface area contributed by atoms with Crippen LogP contribution in [-0.2, 0) is 17.7 Å². The lowest BCUT2D eigenvalue weighted by atomic mass is 10.1. The molecule has 0 bridgehead atoms. The SMILES string of the molecule is CCc1ccc(NC(N)=NCc2ccc(N3CCOCC3)cc2)cc1. The van der Waals surface area contributed by atoms with Gasteiger partial charge in [0, 0.05) is 24.5 Å². The van der Waals surface area contributed by atoms with E-state index in [2.05, 4.69) is 58.5 Å². The molecular formula is C20H26N4O. The Morgan fingerprint density at radius 3 is 2.32 bits per heavy atom. The number of aryl methyl sites for hydroxylation is 1. The third-order valence-corrected chi connectivity index (χ3v) is 4.38. The summed E-state index contributed by atoms with van der Waals surface area (Å²) in [6.07, 6.45) is 1.03. The first kappa shape index (κ1) is 17.3. The maximum Gasteiger partial charge on any atom is 0.193 e. The third kappa shape index (κ3) is 4.97. The highest BCUT2D eigenvalue weighted by molar-refractivity contribution is 5.92. The summed E-state index contributed by atoms with van der Waals surface area (Å²) in [5.41, 5.74) is 10.6. The van der Waals surface area contributed by atoms with Crippen molar-refractivity contribution in [2.75, 3.05) is 36.5 Å². The van der Waals surface area contributed by atoms with E-state index >= 15 is 0 Å². The number of benzene rings is 2. The van der Waals surface area contributed by atoms with Crippen LogP contribution >= 0.6 is 0 Å². The molecule has 3 rings (SSSR count). The molecule has 0 amide bonds. The van der Waals surface area contributed by atoms with E-state index in [0.29, 0.717) is 12.5 Å². The first-order valence-corrected chi connectivity index (χ1v) is 8.82. The van der Waals surface area contributed by atoms with Crippen molar-refractivity contribution in [3.8, 4) is 0 Å². The molecule has 132 valence electrons. The van der Waals surface area contributed by atoms with Crippen LogP contribution in [0, 0.1) is 0 Å². The van der Waals surface area contributed by atoms with E-state index in [1.807, 2.05) is 12.1 Å². The summed E-state index contributed by atoms with van der Waals surface area (Å²) in [6.45, 7) is 6.20. The normalized spacial score (nSPS) is 15.2. The number of nitrogens with one attached hydrogen (secondary N) is 1. The van der Waals surface area contributed by atoms with Crippen LogP contribution in [0.15, 0.2) is 53.5 Å². The summed E-state index contributed by atoms with van der Waals surface area (Å²) in [5.74, 6) is 0.432. The average Bonchev–Trinajstić information content (AvgIpc) is 2.68. The largest absolute Gasteiger partial charge is 0.378 e. The molecule has 5 heteroatoms. The van der Waals surface area contributed by atoms with Crippen molar-refractivity contribution >= 4 is 17.3 Å². The highest BCUT2D eigenvalue weighted by Crippen LogP contribution is 2.17. The quantitative estimate of drug-likeness (QED) is 0.650. The van der Waals surface area contributed by atoms with Gasteiger partial charge in [0.25, 0.3) is 0 Å². The summed E-state index contributed by atoms with van der Waals surface area (Å²) in [4.78, 5) is 6.76. The average molecular weight is 338 g/mol. The number of anilines is 2. The Morgan fingerprint density at radius 1 is 1.04 bits per heavy atom. The molecule has 0 atom stereocenters. The van der Waals surface area contributed by atoms with Crippen LogP contribution in [0.3, 0.4) is 0 Å². The summed E-state index contributed by atoms with van der Waals surface area (Å²) >= 11 is 0. The van der Waals surface area contributed by atoms with Gasteiger partial charge in [-0.05, 0) is 41.8 Å². The fourth-order valence-corrected chi connectivity index (χ4v) is 2.82. The molecule has 0 radical (unpaired) electrons. The van der Waals surface area contributed by atoms with Gasteiger partial charge in [-0.2, -0.15) is 0 Å². The van der Waals surface area contributed by atoms with Crippen LogP contribution in [-0.4, -0.2) is 32.3 Å². The number of hydrogen-bond donors (Lipinski definition) is 2. The molecule has 2 aromatic carbocycles. The summed E-state index contributed by atoms with van der Waals surface area (Å²) in [5, 5.41) is 3.13. The molecule has 1 aliphatic heterocycles. The van der Waals surface area contributed by atoms with Gasteiger partial charge in [0.2, 0.25) is 0 Å². The van der Waals surface area contributed by atoms with Gasteiger partial charge in [0.15, 0.2) is 5.96 Å². The lowest BCUT2D eigenvalue weighted by Crippen LogP contribution is -2.36. The van der Waals surface area contributed by atoms with Crippen molar-refractivity contribution in [3.63, 3.8) is 0 Å². The number of aliphatic imine (C=N–C) groups is 1. The fourth-order valence-electron chi connectivity index (χ4n) is 2.82. The maximum atomic E-state index is 5.99. The minimum Gasteiger partial charge on any atom is -0.378 e. The molecule has 0 aliphatic carbocycles. The van der Waals surface area contributed by atoms with Gasteiger partial charge in [-0.15, -0.1) is 0 Å². The fraction of sp³-hybridized carbons (Fsp3) is 0.350. The topological polar surface area (TPSA) is 62.9 Å². The van der Waals surface area contributed by atoms with E-state index in [-0.39, 0.29) is 0 Å². The van der Waals surface area contributed by atoms with E-state index in [4.69, 9.17) is 10.5 Å². The van der Waals surface area contributed by atoms with Crippen LogP contribution in [0.1, 0.15) is 18.1 Å². The smallest absolute Gasteiger partial charge is 0.193 e. The third-order valence-electron chi connectivity index (χ3n) is 4.38. The Balaban J connectivity index is 1.54. The number of rotatable bonds is 5. The second kappa shape index (κ2) is 8.53. The molecule has 0 aromatic heterocycles. The zero-order valence-corrected chi connectivity index (χ0v) is 14.7. The Labute approximate surface area is 149 Å². The van der Waals surface area contributed by atoms with E-state index in [1.165, 1.54) is 11.3 Å². The Morgan fingerprint density at radius 2 is 1.68 bits per heavy atom. The molecule has 0 unspecified atom stereocenters. The minimum atomic E-state index is 0.432. The molecule has 5 nitrogen and oxygen atoms in total. The molecule has 0 spiro atoms. The second-order valence-corrected chi connectivity index (χ2v) is 6.14. The van der Waals surface area contributed by atoms with E-state index in [0.717, 1.165) is 44.0 Å². The highest BCUT2D eigenvalue weighted by atomic mass is 16.5. The lowest BCUT2D eigenvalue weighted by Gasteiger charge is -2.28. The Bertz CT molecular complexity index is 689. The van der Waals surface area contributed by atoms with E-state index in [9.17, 15) is 0 Å². The molecule has 1 fully saturated rings. The predicted molar refractivity (Wildman–Crippen MR) is 104 cm³/mol. The maximum absolute atomic E-state index is 5.99. The molecule has 3 N–H and O–H groups in total. The zero-order valence-electron chi connectivity index (χ0n) is 14.7. The molecule has 1 aliphatic rings. The first-order chi connectivity index (χ1) is 12.2. The zero-order chi connectivity index (χ0) is 17.5. The van der Waals surface area contributed by atoms with Crippen molar-refractivity contribution in [2.45, 2.75) is 19.9 Å². The predicted octanol–water partition coefficient (Wildman–Crippen LogP) is 3.01. The van der Waals surface area contributed by atoms with E-state index < -0.39 is 0 Å². The number of nitrogens with zero attached hydrogens (tertiary/aromatic N) is 2. The number of ether oxygens (including phenoxy) is 1. The van der Waals surface area contributed by atoms with Crippen LogP contribution in [0.4, 0.5) is 11.4 Å². The molecule has 2 aromatic rings. The number of guanidine groups is 1. The monoisotopic (exact) mass is 338 g/mol. The van der Waals surface area contributed by atoms with Gasteiger partial charge in [-0.3, -0.25) is 0 Å². The van der Waals surface area contributed by atoms with Crippen LogP contribution in [0.2, 0.25) is 0 Å². The Kier molecular flexibility index (Phi) is 5.90. The lowest BCUT2D eigenvalue weighted by molar-refractivity contribution is 0.122.